The van der Waals surface area contributed by atoms with Gasteiger partial charge in [0.05, 0.1) is 16.6 Å². The summed E-state index contributed by atoms with van der Waals surface area (Å²) in [6.45, 7) is 1.89. The summed E-state index contributed by atoms with van der Waals surface area (Å²) in [6.07, 6.45) is 2.36. The average molecular weight is 296 g/mol. The summed E-state index contributed by atoms with van der Waals surface area (Å²) in [5.74, 6) is -1.25. The second-order valence-electron chi connectivity index (χ2n) is 5.31. The Bertz CT molecular complexity index is 502. The van der Waals surface area contributed by atoms with Crippen LogP contribution < -0.4 is 5.32 Å². The number of carboxylic acids is 1. The van der Waals surface area contributed by atoms with Crippen LogP contribution in [0.25, 0.3) is 0 Å². The lowest BCUT2D eigenvalue weighted by atomic mass is 9.81. The molecule has 1 aromatic rings. The predicted molar refractivity (Wildman–Crippen MR) is 77.9 cm³/mol. The molecule has 0 atom stereocenters. The number of carbonyl (C=O) groups excluding carboxylic acids is 1. The molecule has 0 aromatic heterocycles. The van der Waals surface area contributed by atoms with Gasteiger partial charge in [-0.05, 0) is 44.2 Å². The van der Waals surface area contributed by atoms with Gasteiger partial charge in [-0.3, -0.25) is 9.59 Å². The van der Waals surface area contributed by atoms with Crippen molar-refractivity contribution in [1.29, 1.82) is 0 Å². The van der Waals surface area contributed by atoms with Crippen molar-refractivity contribution in [3.05, 3.63) is 28.8 Å². The first-order valence-corrected chi connectivity index (χ1v) is 7.15. The lowest BCUT2D eigenvalue weighted by Gasteiger charge is -2.25. The number of halogens is 1. The van der Waals surface area contributed by atoms with E-state index in [1.807, 2.05) is 19.1 Å². The fourth-order valence-electron chi connectivity index (χ4n) is 2.62. The van der Waals surface area contributed by atoms with Crippen LogP contribution in [0, 0.1) is 18.8 Å². The number of hydrogen-bond acceptors (Lipinski definition) is 2. The molecule has 4 nitrogen and oxygen atoms in total. The Morgan fingerprint density at radius 3 is 2.35 bits per heavy atom. The molecule has 0 heterocycles. The second kappa shape index (κ2) is 6.27. The molecule has 1 saturated carbocycles. The molecule has 0 bridgehead atoms. The van der Waals surface area contributed by atoms with Crippen molar-refractivity contribution < 1.29 is 14.7 Å². The lowest BCUT2D eigenvalue weighted by molar-refractivity contribution is -0.143. The van der Waals surface area contributed by atoms with Crippen molar-refractivity contribution in [2.45, 2.75) is 32.6 Å². The highest BCUT2D eigenvalue weighted by molar-refractivity contribution is 6.33. The smallest absolute Gasteiger partial charge is 0.306 e. The molecular weight excluding hydrogens is 278 g/mol. The second-order valence-corrected chi connectivity index (χ2v) is 5.71. The Morgan fingerprint density at radius 2 is 1.80 bits per heavy atom. The fourth-order valence-corrected chi connectivity index (χ4v) is 2.89. The van der Waals surface area contributed by atoms with Gasteiger partial charge in [0.2, 0.25) is 5.91 Å². The highest BCUT2D eigenvalue weighted by Gasteiger charge is 2.30. The fraction of sp³-hybridized carbons (Fsp3) is 0.467. The van der Waals surface area contributed by atoms with Gasteiger partial charge in [-0.2, -0.15) is 0 Å². The van der Waals surface area contributed by atoms with Gasteiger partial charge in [-0.25, -0.2) is 0 Å². The third kappa shape index (κ3) is 3.31. The Kier molecular flexibility index (Phi) is 4.65. The largest absolute Gasteiger partial charge is 0.481 e. The molecule has 20 heavy (non-hydrogen) atoms. The Labute approximate surface area is 123 Å². The number of benzene rings is 1. The molecule has 1 aromatic carbocycles. The average Bonchev–Trinajstić information content (AvgIpc) is 2.43. The van der Waals surface area contributed by atoms with E-state index in [0.717, 1.165) is 5.56 Å². The molecule has 0 radical (unpaired) electrons. The highest BCUT2D eigenvalue weighted by atomic mass is 35.5. The number of nitrogens with one attached hydrogen (secondary N) is 1. The van der Waals surface area contributed by atoms with Crippen molar-refractivity contribution in [1.82, 2.24) is 0 Å². The zero-order valence-corrected chi connectivity index (χ0v) is 12.1. The third-order valence-electron chi connectivity index (χ3n) is 3.92. The molecule has 5 heteroatoms. The van der Waals surface area contributed by atoms with Gasteiger partial charge in [-0.15, -0.1) is 0 Å². The van der Waals surface area contributed by atoms with Gasteiger partial charge >= 0.3 is 5.97 Å². The Hall–Kier alpha value is -1.55. The topological polar surface area (TPSA) is 66.4 Å². The summed E-state index contributed by atoms with van der Waals surface area (Å²) in [5, 5.41) is 12.4. The molecule has 0 spiro atoms. The number of amides is 1. The van der Waals surface area contributed by atoms with E-state index in [-0.39, 0.29) is 17.7 Å². The van der Waals surface area contributed by atoms with Crippen molar-refractivity contribution in [2.24, 2.45) is 11.8 Å². The molecular formula is C15H18ClNO3. The summed E-state index contributed by atoms with van der Waals surface area (Å²) in [7, 11) is 0. The summed E-state index contributed by atoms with van der Waals surface area (Å²) in [4.78, 5) is 23.1. The first kappa shape index (κ1) is 14.9. The van der Waals surface area contributed by atoms with Crippen LogP contribution in [0.3, 0.4) is 0 Å². The maximum atomic E-state index is 12.2. The summed E-state index contributed by atoms with van der Waals surface area (Å²) >= 11 is 6.08. The standard InChI is InChI=1S/C15H18ClNO3/c1-9-3-2-4-12(16)13(9)17-14(18)10-5-7-11(8-6-10)15(19)20/h2-4,10-11H,5-8H2,1H3,(H,17,18)(H,19,20). The minimum Gasteiger partial charge on any atom is -0.481 e. The number of anilines is 1. The van der Waals surface area contributed by atoms with E-state index in [4.69, 9.17) is 16.7 Å². The van der Waals surface area contributed by atoms with Crippen LogP contribution in [0.5, 0.6) is 0 Å². The number of aryl methyl sites for hydroxylation is 1. The van der Waals surface area contributed by atoms with E-state index in [2.05, 4.69) is 5.32 Å². The van der Waals surface area contributed by atoms with Crippen LogP contribution >= 0.6 is 11.6 Å². The highest BCUT2D eigenvalue weighted by Crippen LogP contribution is 2.31. The number of aliphatic carboxylic acids is 1. The van der Waals surface area contributed by atoms with Gasteiger partial charge in [0.15, 0.2) is 0 Å². The zero-order chi connectivity index (χ0) is 14.7. The van der Waals surface area contributed by atoms with Crippen molar-refractivity contribution in [3.8, 4) is 0 Å². The van der Waals surface area contributed by atoms with Gasteiger partial charge in [0.1, 0.15) is 0 Å². The SMILES string of the molecule is Cc1cccc(Cl)c1NC(=O)C1CCC(C(=O)O)CC1. The van der Waals surface area contributed by atoms with Crippen LogP contribution in [-0.4, -0.2) is 17.0 Å². The first-order chi connectivity index (χ1) is 9.49. The normalized spacial score (nSPS) is 22.3. The van der Waals surface area contributed by atoms with Crippen LogP contribution in [0.4, 0.5) is 5.69 Å². The first-order valence-electron chi connectivity index (χ1n) is 6.78. The molecule has 1 aliphatic carbocycles. The molecule has 1 aliphatic rings. The lowest BCUT2D eigenvalue weighted by Crippen LogP contribution is -2.29. The molecule has 2 rings (SSSR count). The van der Waals surface area contributed by atoms with Crippen LogP contribution in [-0.2, 0) is 9.59 Å². The molecule has 0 unspecified atom stereocenters. The molecule has 0 aliphatic heterocycles. The number of rotatable bonds is 3. The van der Waals surface area contributed by atoms with Crippen LogP contribution in [0.2, 0.25) is 5.02 Å². The van der Waals surface area contributed by atoms with Crippen molar-refractivity contribution in [3.63, 3.8) is 0 Å². The third-order valence-corrected chi connectivity index (χ3v) is 4.23. The maximum Gasteiger partial charge on any atom is 0.306 e. The molecule has 2 N–H and O–H groups in total. The van der Waals surface area contributed by atoms with E-state index in [1.54, 1.807) is 6.07 Å². The summed E-state index contributed by atoms with van der Waals surface area (Å²) < 4.78 is 0. The van der Waals surface area contributed by atoms with E-state index < -0.39 is 5.97 Å². The van der Waals surface area contributed by atoms with Gasteiger partial charge < -0.3 is 10.4 Å². The summed E-state index contributed by atoms with van der Waals surface area (Å²) in [5.41, 5.74) is 1.57. The van der Waals surface area contributed by atoms with Crippen LogP contribution in [0.15, 0.2) is 18.2 Å². The van der Waals surface area contributed by atoms with E-state index >= 15 is 0 Å². The Morgan fingerprint density at radius 1 is 1.20 bits per heavy atom. The van der Waals surface area contributed by atoms with E-state index in [0.29, 0.717) is 36.4 Å². The van der Waals surface area contributed by atoms with Gasteiger partial charge in [-0.1, -0.05) is 23.7 Å². The molecule has 0 saturated heterocycles. The van der Waals surface area contributed by atoms with Gasteiger partial charge in [0, 0.05) is 5.92 Å². The van der Waals surface area contributed by atoms with Crippen molar-refractivity contribution in [2.75, 3.05) is 5.32 Å². The summed E-state index contributed by atoms with van der Waals surface area (Å²) in [6, 6.07) is 5.47. The number of carbonyl (C=O) groups is 2. The van der Waals surface area contributed by atoms with E-state index in [1.165, 1.54) is 0 Å². The maximum absolute atomic E-state index is 12.2. The molecule has 1 amide bonds. The zero-order valence-electron chi connectivity index (χ0n) is 11.4. The minimum absolute atomic E-state index is 0.0648. The predicted octanol–water partition coefficient (Wildman–Crippen LogP) is 3.48. The number of para-hydroxylation sites is 1. The Balaban J connectivity index is 1.98. The quantitative estimate of drug-likeness (QED) is 0.897. The number of carboxylic acid groups (broad SMARTS) is 1. The molecule has 108 valence electrons. The number of hydrogen-bond donors (Lipinski definition) is 2. The van der Waals surface area contributed by atoms with E-state index in [9.17, 15) is 9.59 Å². The monoisotopic (exact) mass is 295 g/mol. The molecule has 1 fully saturated rings. The van der Waals surface area contributed by atoms with Gasteiger partial charge in [0.25, 0.3) is 0 Å². The minimum atomic E-state index is -0.759. The van der Waals surface area contributed by atoms with Crippen molar-refractivity contribution >= 4 is 29.2 Å². The van der Waals surface area contributed by atoms with Crippen LogP contribution in [0.1, 0.15) is 31.2 Å².